The van der Waals surface area contributed by atoms with E-state index in [1.807, 2.05) is 30.6 Å². The van der Waals surface area contributed by atoms with Crippen molar-refractivity contribution in [2.75, 3.05) is 50.4 Å². The van der Waals surface area contributed by atoms with Crippen LogP contribution in [0.2, 0.25) is 5.02 Å². The van der Waals surface area contributed by atoms with Gasteiger partial charge in [-0.1, -0.05) is 24.6 Å². The fourth-order valence-electron chi connectivity index (χ4n) is 4.25. The molecule has 33 heavy (non-hydrogen) atoms. The number of piperazine rings is 1. The summed E-state index contributed by atoms with van der Waals surface area (Å²) in [5, 5.41) is 0.680. The van der Waals surface area contributed by atoms with Crippen molar-refractivity contribution >= 4 is 27.6 Å². The molecule has 2 aromatic rings. The zero-order valence-electron chi connectivity index (χ0n) is 19.3. The van der Waals surface area contributed by atoms with Crippen LogP contribution in [0.4, 0.5) is 5.95 Å². The summed E-state index contributed by atoms with van der Waals surface area (Å²) < 4.78 is 31.1. The van der Waals surface area contributed by atoms with E-state index in [9.17, 15) is 8.42 Å². The minimum atomic E-state index is -3.12. The van der Waals surface area contributed by atoms with Gasteiger partial charge < -0.3 is 9.64 Å². The molecule has 2 aliphatic rings. The molecule has 4 rings (SSSR count). The highest BCUT2D eigenvalue weighted by molar-refractivity contribution is 7.88. The van der Waals surface area contributed by atoms with Crippen molar-refractivity contribution in [2.45, 2.75) is 38.8 Å². The summed E-state index contributed by atoms with van der Waals surface area (Å²) in [6.07, 6.45) is 7.96. The predicted octanol–water partition coefficient (Wildman–Crippen LogP) is 2.82. The lowest BCUT2D eigenvalue weighted by molar-refractivity contribution is 0.170. The van der Waals surface area contributed by atoms with Crippen molar-refractivity contribution in [1.29, 1.82) is 0 Å². The highest BCUT2D eigenvalue weighted by Gasteiger charge is 2.25. The fraction of sp³-hybridized carbons (Fsp3) is 0.565. The lowest BCUT2D eigenvalue weighted by Crippen LogP contribution is -2.47. The second kappa shape index (κ2) is 10.5. The summed E-state index contributed by atoms with van der Waals surface area (Å²) in [6.45, 7) is 6.96. The first-order chi connectivity index (χ1) is 15.8. The summed E-state index contributed by atoms with van der Waals surface area (Å²) in [5.41, 5.74) is 2.17. The zero-order valence-corrected chi connectivity index (χ0v) is 20.9. The Balaban J connectivity index is 1.26. The summed E-state index contributed by atoms with van der Waals surface area (Å²) in [4.78, 5) is 13.4. The van der Waals surface area contributed by atoms with E-state index in [-0.39, 0.29) is 6.10 Å². The predicted molar refractivity (Wildman–Crippen MR) is 130 cm³/mol. The van der Waals surface area contributed by atoms with Crippen molar-refractivity contribution in [3.8, 4) is 5.75 Å². The number of benzene rings is 1. The molecule has 0 bridgehead atoms. The molecule has 1 aromatic heterocycles. The Morgan fingerprint density at radius 3 is 2.30 bits per heavy atom. The highest BCUT2D eigenvalue weighted by atomic mass is 35.5. The van der Waals surface area contributed by atoms with Gasteiger partial charge in [-0.3, -0.25) is 4.90 Å². The smallest absolute Gasteiger partial charge is 0.225 e. The maximum absolute atomic E-state index is 11.7. The molecular formula is C23H32ClN5O3S. The van der Waals surface area contributed by atoms with Crippen LogP contribution in [-0.4, -0.2) is 79.2 Å². The van der Waals surface area contributed by atoms with Gasteiger partial charge >= 0.3 is 0 Å². The molecule has 0 atom stereocenters. The molecule has 0 aliphatic carbocycles. The number of hydrogen-bond donors (Lipinski definition) is 0. The van der Waals surface area contributed by atoms with Crippen LogP contribution in [0.3, 0.4) is 0 Å². The average molecular weight is 494 g/mol. The molecule has 0 amide bonds. The number of anilines is 1. The third-order valence-electron chi connectivity index (χ3n) is 6.35. The number of hydrogen-bond acceptors (Lipinski definition) is 7. The Kier molecular flexibility index (Phi) is 7.73. The second-order valence-electron chi connectivity index (χ2n) is 8.74. The summed E-state index contributed by atoms with van der Waals surface area (Å²) in [5.74, 6) is 1.57. The summed E-state index contributed by atoms with van der Waals surface area (Å²) in [6, 6.07) is 5.88. The van der Waals surface area contributed by atoms with Crippen LogP contribution < -0.4 is 9.64 Å². The normalized spacial score (nSPS) is 19.1. The Morgan fingerprint density at radius 1 is 1.06 bits per heavy atom. The van der Waals surface area contributed by atoms with Crippen molar-refractivity contribution in [3.63, 3.8) is 0 Å². The Hall–Kier alpha value is -1.94. The third-order valence-corrected chi connectivity index (χ3v) is 8.00. The quantitative estimate of drug-likeness (QED) is 0.586. The van der Waals surface area contributed by atoms with E-state index in [0.29, 0.717) is 37.7 Å². The van der Waals surface area contributed by atoms with Crippen LogP contribution in [0.25, 0.3) is 0 Å². The molecule has 2 saturated heterocycles. The molecule has 1 aromatic carbocycles. The van der Waals surface area contributed by atoms with E-state index in [2.05, 4.69) is 26.7 Å². The van der Waals surface area contributed by atoms with Crippen molar-refractivity contribution in [1.82, 2.24) is 19.2 Å². The van der Waals surface area contributed by atoms with Crippen LogP contribution >= 0.6 is 11.6 Å². The second-order valence-corrected chi connectivity index (χ2v) is 11.1. The van der Waals surface area contributed by atoms with E-state index in [1.165, 1.54) is 10.6 Å². The molecule has 0 N–H and O–H groups in total. The molecule has 3 heterocycles. The van der Waals surface area contributed by atoms with Crippen LogP contribution in [0.1, 0.15) is 30.9 Å². The van der Waals surface area contributed by atoms with Crippen molar-refractivity contribution in [3.05, 3.63) is 46.7 Å². The van der Waals surface area contributed by atoms with Gasteiger partial charge in [0.1, 0.15) is 11.9 Å². The Bertz CT molecular complexity index is 1030. The maximum Gasteiger partial charge on any atom is 0.225 e. The fourth-order valence-corrected chi connectivity index (χ4v) is 5.31. The summed E-state index contributed by atoms with van der Waals surface area (Å²) >= 11 is 6.56. The van der Waals surface area contributed by atoms with Gasteiger partial charge in [0, 0.05) is 76.1 Å². The number of nitrogens with zero attached hydrogens (tertiary/aromatic N) is 5. The minimum Gasteiger partial charge on any atom is -0.490 e. The molecule has 2 fully saturated rings. The topological polar surface area (TPSA) is 78.9 Å². The van der Waals surface area contributed by atoms with Gasteiger partial charge in [0.25, 0.3) is 0 Å². The minimum absolute atomic E-state index is 0.141. The molecule has 0 saturated carbocycles. The van der Waals surface area contributed by atoms with Gasteiger partial charge in [-0.25, -0.2) is 18.4 Å². The van der Waals surface area contributed by atoms with Gasteiger partial charge in [-0.05, 0) is 29.7 Å². The Morgan fingerprint density at radius 2 is 1.73 bits per heavy atom. The van der Waals surface area contributed by atoms with E-state index in [1.54, 1.807) is 0 Å². The third kappa shape index (κ3) is 6.35. The lowest BCUT2D eigenvalue weighted by atomic mass is 10.1. The molecule has 0 radical (unpaired) electrons. The van der Waals surface area contributed by atoms with Crippen LogP contribution in [-0.2, 0) is 23.0 Å². The van der Waals surface area contributed by atoms with Gasteiger partial charge in [0.15, 0.2) is 0 Å². The summed E-state index contributed by atoms with van der Waals surface area (Å²) in [7, 11) is -3.12. The molecule has 8 nitrogen and oxygen atoms in total. The number of ether oxygens (including phenoxy) is 1. The first-order valence-corrected chi connectivity index (χ1v) is 13.7. The van der Waals surface area contributed by atoms with E-state index in [0.717, 1.165) is 55.2 Å². The molecule has 10 heteroatoms. The standard InChI is InChI=1S/C23H32ClN5O3S/c1-3-18-15-25-23(26-16-18)28-8-6-20(7-9-28)32-21-5-4-19(22(24)14-21)17-27-10-12-29(13-11-27)33(2,30)31/h4-5,14-16,20H,3,6-13,17H2,1-2H3. The molecule has 0 spiro atoms. The number of rotatable bonds is 7. The van der Waals surface area contributed by atoms with Gasteiger partial charge in [-0.2, -0.15) is 4.31 Å². The number of halogens is 1. The van der Waals surface area contributed by atoms with Crippen molar-refractivity contribution < 1.29 is 13.2 Å². The monoisotopic (exact) mass is 493 g/mol. The zero-order chi connectivity index (χ0) is 23.4. The number of aromatic nitrogens is 2. The Labute approximate surface area is 201 Å². The highest BCUT2D eigenvalue weighted by Crippen LogP contribution is 2.27. The molecule has 180 valence electrons. The van der Waals surface area contributed by atoms with Crippen LogP contribution in [0, 0.1) is 0 Å². The molecule has 0 unspecified atom stereocenters. The first-order valence-electron chi connectivity index (χ1n) is 11.5. The van der Waals surface area contributed by atoms with Crippen LogP contribution in [0.15, 0.2) is 30.6 Å². The molecular weight excluding hydrogens is 462 g/mol. The van der Waals surface area contributed by atoms with Gasteiger partial charge in [-0.15, -0.1) is 0 Å². The molecule has 2 aliphatic heterocycles. The maximum atomic E-state index is 11.7. The largest absolute Gasteiger partial charge is 0.490 e. The van der Waals surface area contributed by atoms with E-state index in [4.69, 9.17) is 16.3 Å². The lowest BCUT2D eigenvalue weighted by Gasteiger charge is -2.33. The first kappa shape index (κ1) is 24.2. The van der Waals surface area contributed by atoms with Crippen molar-refractivity contribution in [2.24, 2.45) is 0 Å². The SMILES string of the molecule is CCc1cnc(N2CCC(Oc3ccc(CN4CCN(S(C)(=O)=O)CC4)c(Cl)c3)CC2)nc1. The van der Waals surface area contributed by atoms with Crippen LogP contribution in [0.5, 0.6) is 5.75 Å². The van der Waals surface area contributed by atoms with Gasteiger partial charge in [0.2, 0.25) is 16.0 Å². The van der Waals surface area contributed by atoms with Gasteiger partial charge in [0.05, 0.1) is 6.26 Å². The number of sulfonamides is 1. The number of piperidine rings is 1. The van der Waals surface area contributed by atoms with E-state index < -0.39 is 10.0 Å². The average Bonchev–Trinajstić information content (AvgIpc) is 2.81. The number of aryl methyl sites for hydroxylation is 1. The van der Waals surface area contributed by atoms with E-state index >= 15 is 0 Å².